The van der Waals surface area contributed by atoms with Crippen molar-refractivity contribution in [1.82, 2.24) is 5.32 Å². The first-order valence-corrected chi connectivity index (χ1v) is 6.76. The van der Waals surface area contributed by atoms with Crippen LogP contribution in [0.3, 0.4) is 0 Å². The van der Waals surface area contributed by atoms with E-state index in [2.05, 4.69) is 24.4 Å². The molecule has 19 heavy (non-hydrogen) atoms. The number of hydrogen-bond donors (Lipinski definition) is 2. The minimum absolute atomic E-state index is 0.274. The van der Waals surface area contributed by atoms with E-state index in [0.29, 0.717) is 0 Å². The lowest BCUT2D eigenvalue weighted by Crippen LogP contribution is -2.27. The summed E-state index contributed by atoms with van der Waals surface area (Å²) < 4.78 is 0. The molecule has 0 aromatic heterocycles. The van der Waals surface area contributed by atoms with Gasteiger partial charge in [-0.05, 0) is 24.5 Å². The Morgan fingerprint density at radius 1 is 0.947 bits per heavy atom. The van der Waals surface area contributed by atoms with Crippen molar-refractivity contribution in [3.63, 3.8) is 0 Å². The van der Waals surface area contributed by atoms with Crippen LogP contribution in [-0.2, 0) is 6.54 Å². The van der Waals surface area contributed by atoms with Crippen LogP contribution in [0.15, 0.2) is 60.7 Å². The second kappa shape index (κ2) is 7.07. The third-order valence-corrected chi connectivity index (χ3v) is 3.26. The summed E-state index contributed by atoms with van der Waals surface area (Å²) in [5, 5.41) is 13.6. The first-order chi connectivity index (χ1) is 9.25. The van der Waals surface area contributed by atoms with E-state index in [1.807, 2.05) is 48.5 Å². The van der Waals surface area contributed by atoms with Crippen molar-refractivity contribution in [2.75, 3.05) is 0 Å². The molecule has 0 saturated heterocycles. The molecule has 0 radical (unpaired) electrons. The third-order valence-electron chi connectivity index (χ3n) is 3.26. The Morgan fingerprint density at radius 3 is 2.16 bits per heavy atom. The highest BCUT2D eigenvalue weighted by Crippen LogP contribution is 2.17. The summed E-state index contributed by atoms with van der Waals surface area (Å²) >= 11 is 0. The van der Waals surface area contributed by atoms with E-state index in [4.69, 9.17) is 0 Å². The highest BCUT2D eigenvalue weighted by atomic mass is 16.3. The number of aliphatic hydroxyl groups excluding tert-OH is 1. The van der Waals surface area contributed by atoms with Crippen LogP contribution in [0, 0.1) is 0 Å². The van der Waals surface area contributed by atoms with Crippen LogP contribution in [0.1, 0.15) is 30.6 Å². The molecule has 2 atom stereocenters. The third kappa shape index (κ3) is 4.51. The second-order valence-corrected chi connectivity index (χ2v) is 4.93. The Labute approximate surface area is 115 Å². The molecular formula is C17H21NO. The topological polar surface area (TPSA) is 32.3 Å². The van der Waals surface area contributed by atoms with Crippen molar-refractivity contribution in [2.24, 2.45) is 0 Å². The van der Waals surface area contributed by atoms with E-state index >= 15 is 0 Å². The van der Waals surface area contributed by atoms with Gasteiger partial charge in [-0.3, -0.25) is 0 Å². The lowest BCUT2D eigenvalue weighted by Gasteiger charge is -2.18. The molecule has 2 nitrogen and oxygen atoms in total. The van der Waals surface area contributed by atoms with Crippen molar-refractivity contribution in [3.05, 3.63) is 71.8 Å². The van der Waals surface area contributed by atoms with Gasteiger partial charge in [-0.1, -0.05) is 60.7 Å². The Hall–Kier alpha value is -1.64. The predicted molar refractivity (Wildman–Crippen MR) is 78.8 cm³/mol. The van der Waals surface area contributed by atoms with Crippen molar-refractivity contribution < 1.29 is 5.11 Å². The molecule has 2 N–H and O–H groups in total. The summed E-state index contributed by atoms with van der Waals surface area (Å²) in [5.41, 5.74) is 2.25. The van der Waals surface area contributed by atoms with Gasteiger partial charge in [0, 0.05) is 12.6 Å². The Balaban J connectivity index is 1.80. The first kappa shape index (κ1) is 13.8. The summed E-state index contributed by atoms with van der Waals surface area (Å²) in [6, 6.07) is 20.4. The summed E-state index contributed by atoms with van der Waals surface area (Å²) in [6.45, 7) is 2.94. The van der Waals surface area contributed by atoms with E-state index < -0.39 is 6.10 Å². The van der Waals surface area contributed by atoms with Crippen LogP contribution in [0.25, 0.3) is 0 Å². The van der Waals surface area contributed by atoms with Crippen LogP contribution in [-0.4, -0.2) is 11.1 Å². The Bertz CT molecular complexity index is 469. The van der Waals surface area contributed by atoms with Gasteiger partial charge in [0.25, 0.3) is 0 Å². The Morgan fingerprint density at radius 2 is 1.53 bits per heavy atom. The molecule has 0 aliphatic carbocycles. The standard InChI is InChI=1S/C17H21NO/c1-14(18-13-15-8-4-2-5-9-15)12-17(19)16-10-6-3-7-11-16/h2-11,14,17-19H,12-13H2,1H3/t14-,17-/m0/s1. The quantitative estimate of drug-likeness (QED) is 0.830. The van der Waals surface area contributed by atoms with Gasteiger partial charge in [-0.2, -0.15) is 0 Å². The number of benzene rings is 2. The molecule has 100 valence electrons. The molecule has 0 saturated carbocycles. The summed E-state index contributed by atoms with van der Waals surface area (Å²) in [4.78, 5) is 0. The minimum atomic E-state index is -0.403. The van der Waals surface area contributed by atoms with E-state index in [0.717, 1.165) is 18.5 Å². The number of nitrogens with one attached hydrogen (secondary N) is 1. The second-order valence-electron chi connectivity index (χ2n) is 4.93. The lowest BCUT2D eigenvalue weighted by atomic mass is 10.0. The van der Waals surface area contributed by atoms with Gasteiger partial charge in [-0.25, -0.2) is 0 Å². The van der Waals surface area contributed by atoms with Gasteiger partial charge in [0.05, 0.1) is 6.10 Å². The molecular weight excluding hydrogens is 234 g/mol. The molecule has 2 aromatic rings. The molecule has 2 rings (SSSR count). The maximum absolute atomic E-state index is 10.1. The lowest BCUT2D eigenvalue weighted by molar-refractivity contribution is 0.154. The molecule has 0 heterocycles. The van der Waals surface area contributed by atoms with E-state index in [9.17, 15) is 5.11 Å². The highest BCUT2D eigenvalue weighted by Gasteiger charge is 2.11. The zero-order chi connectivity index (χ0) is 13.5. The van der Waals surface area contributed by atoms with Crippen molar-refractivity contribution in [2.45, 2.75) is 32.0 Å². The predicted octanol–water partition coefficient (Wildman–Crippen LogP) is 3.29. The molecule has 0 fully saturated rings. The smallest absolute Gasteiger partial charge is 0.0804 e. The fourth-order valence-corrected chi connectivity index (χ4v) is 2.12. The number of aliphatic hydroxyl groups is 1. The minimum Gasteiger partial charge on any atom is -0.388 e. The van der Waals surface area contributed by atoms with Crippen LogP contribution in [0.5, 0.6) is 0 Å². The molecule has 0 bridgehead atoms. The monoisotopic (exact) mass is 255 g/mol. The maximum atomic E-state index is 10.1. The molecule has 2 heteroatoms. The van der Waals surface area contributed by atoms with Gasteiger partial charge in [-0.15, -0.1) is 0 Å². The molecule has 0 aliphatic heterocycles. The maximum Gasteiger partial charge on any atom is 0.0804 e. The SMILES string of the molecule is C[C@@H](C[C@H](O)c1ccccc1)NCc1ccccc1. The van der Waals surface area contributed by atoms with Crippen molar-refractivity contribution >= 4 is 0 Å². The fraction of sp³-hybridized carbons (Fsp3) is 0.294. The zero-order valence-corrected chi connectivity index (χ0v) is 11.3. The molecule has 2 aromatic carbocycles. The average molecular weight is 255 g/mol. The normalized spacial score (nSPS) is 14.0. The van der Waals surface area contributed by atoms with E-state index in [1.165, 1.54) is 5.56 Å². The van der Waals surface area contributed by atoms with Crippen LogP contribution >= 0.6 is 0 Å². The van der Waals surface area contributed by atoms with Crippen molar-refractivity contribution in [3.8, 4) is 0 Å². The van der Waals surface area contributed by atoms with E-state index in [-0.39, 0.29) is 6.04 Å². The summed E-state index contributed by atoms with van der Waals surface area (Å²) in [5.74, 6) is 0. The molecule has 0 spiro atoms. The number of rotatable bonds is 6. The zero-order valence-electron chi connectivity index (χ0n) is 11.3. The summed E-state index contributed by atoms with van der Waals surface area (Å²) in [6.07, 6.45) is 0.316. The van der Waals surface area contributed by atoms with E-state index in [1.54, 1.807) is 0 Å². The van der Waals surface area contributed by atoms with Crippen LogP contribution in [0.2, 0.25) is 0 Å². The highest BCUT2D eigenvalue weighted by molar-refractivity contribution is 5.17. The fourth-order valence-electron chi connectivity index (χ4n) is 2.12. The van der Waals surface area contributed by atoms with Gasteiger partial charge in [0.1, 0.15) is 0 Å². The first-order valence-electron chi connectivity index (χ1n) is 6.76. The summed E-state index contributed by atoms with van der Waals surface area (Å²) in [7, 11) is 0. The average Bonchev–Trinajstić information content (AvgIpc) is 2.47. The molecule has 0 aliphatic rings. The molecule has 0 amide bonds. The number of hydrogen-bond acceptors (Lipinski definition) is 2. The van der Waals surface area contributed by atoms with Crippen molar-refractivity contribution in [1.29, 1.82) is 0 Å². The Kier molecular flexibility index (Phi) is 5.13. The molecule has 0 unspecified atom stereocenters. The largest absolute Gasteiger partial charge is 0.388 e. The van der Waals surface area contributed by atoms with Gasteiger partial charge >= 0.3 is 0 Å². The van der Waals surface area contributed by atoms with Gasteiger partial charge < -0.3 is 10.4 Å². The van der Waals surface area contributed by atoms with Crippen LogP contribution in [0.4, 0.5) is 0 Å². The van der Waals surface area contributed by atoms with Gasteiger partial charge in [0.2, 0.25) is 0 Å². The van der Waals surface area contributed by atoms with Crippen LogP contribution < -0.4 is 5.32 Å². The van der Waals surface area contributed by atoms with Gasteiger partial charge in [0.15, 0.2) is 0 Å².